The van der Waals surface area contributed by atoms with Gasteiger partial charge in [-0.05, 0) is 35.0 Å². The Balaban J connectivity index is 2.85. The molecule has 0 fully saturated rings. The number of rotatable bonds is 3. The molecule has 1 aromatic carbocycles. The van der Waals surface area contributed by atoms with E-state index in [1.807, 2.05) is 19.1 Å². The summed E-state index contributed by atoms with van der Waals surface area (Å²) in [6.45, 7) is 2.44. The van der Waals surface area contributed by atoms with Gasteiger partial charge in [-0.2, -0.15) is 0 Å². The summed E-state index contributed by atoms with van der Waals surface area (Å²) in [5, 5.41) is 0.591. The molecule has 0 spiro atoms. The van der Waals surface area contributed by atoms with E-state index in [1.165, 1.54) is 0 Å². The Morgan fingerprint density at radius 2 is 2.29 bits per heavy atom. The van der Waals surface area contributed by atoms with Gasteiger partial charge in [0.2, 0.25) is 0 Å². The standard InChI is InChI=1S/C10H11BrClNO/c1-2-3-4-14-10-8(11)5-7(12)6-9(10)13/h2-3,5-6H,4,13H2,1H3/b3-2+. The Bertz CT molecular complexity index is 329. The minimum absolute atomic E-state index is 0.501. The second-order valence-corrected chi connectivity index (χ2v) is 3.98. The van der Waals surface area contributed by atoms with Crippen molar-refractivity contribution in [2.75, 3.05) is 12.3 Å². The molecule has 0 aliphatic heterocycles. The number of halogens is 2. The number of hydrogen-bond donors (Lipinski definition) is 1. The van der Waals surface area contributed by atoms with Gasteiger partial charge in [0.25, 0.3) is 0 Å². The summed E-state index contributed by atoms with van der Waals surface area (Å²) in [5.41, 5.74) is 6.28. The fourth-order valence-electron chi connectivity index (χ4n) is 0.960. The molecule has 1 rings (SSSR count). The molecule has 1 aromatic rings. The van der Waals surface area contributed by atoms with Crippen molar-refractivity contribution in [2.45, 2.75) is 6.92 Å². The number of benzene rings is 1. The van der Waals surface area contributed by atoms with Crippen LogP contribution in [0.1, 0.15) is 6.92 Å². The fraction of sp³-hybridized carbons (Fsp3) is 0.200. The summed E-state index contributed by atoms with van der Waals surface area (Å²) in [4.78, 5) is 0. The maximum absolute atomic E-state index is 5.80. The molecule has 2 N–H and O–H groups in total. The fourth-order valence-corrected chi connectivity index (χ4v) is 1.91. The third-order valence-electron chi connectivity index (χ3n) is 1.60. The normalized spacial score (nSPS) is 10.8. The molecule has 0 unspecified atom stereocenters. The van der Waals surface area contributed by atoms with Gasteiger partial charge < -0.3 is 10.5 Å². The summed E-state index contributed by atoms with van der Waals surface area (Å²) < 4.78 is 6.22. The van der Waals surface area contributed by atoms with E-state index in [0.29, 0.717) is 23.1 Å². The molecule has 0 aromatic heterocycles. The van der Waals surface area contributed by atoms with Crippen molar-refractivity contribution < 1.29 is 4.74 Å². The predicted octanol–water partition coefficient (Wildman–Crippen LogP) is 3.64. The van der Waals surface area contributed by atoms with Gasteiger partial charge in [0.1, 0.15) is 6.61 Å². The molecule has 0 aliphatic carbocycles. The van der Waals surface area contributed by atoms with Crippen LogP contribution in [0, 0.1) is 0 Å². The zero-order chi connectivity index (χ0) is 10.6. The summed E-state index contributed by atoms with van der Waals surface area (Å²) in [6, 6.07) is 3.42. The highest BCUT2D eigenvalue weighted by molar-refractivity contribution is 9.10. The molecule has 0 aliphatic rings. The van der Waals surface area contributed by atoms with Crippen molar-refractivity contribution in [3.63, 3.8) is 0 Å². The Hall–Kier alpha value is -0.670. The maximum atomic E-state index is 5.80. The van der Waals surface area contributed by atoms with Gasteiger partial charge in [0.05, 0.1) is 10.2 Å². The summed E-state index contributed by atoms with van der Waals surface area (Å²) >= 11 is 9.14. The molecule has 4 heteroatoms. The van der Waals surface area contributed by atoms with E-state index in [-0.39, 0.29) is 0 Å². The van der Waals surface area contributed by atoms with Crippen LogP contribution in [0.3, 0.4) is 0 Å². The van der Waals surface area contributed by atoms with E-state index >= 15 is 0 Å². The van der Waals surface area contributed by atoms with Crippen LogP contribution < -0.4 is 10.5 Å². The molecule has 0 atom stereocenters. The first-order chi connectivity index (χ1) is 6.65. The van der Waals surface area contributed by atoms with Crippen LogP contribution in [0.2, 0.25) is 5.02 Å². The molecule has 0 bridgehead atoms. The van der Waals surface area contributed by atoms with Gasteiger partial charge in [-0.3, -0.25) is 0 Å². The molecule has 0 radical (unpaired) electrons. The van der Waals surface area contributed by atoms with Crippen LogP contribution >= 0.6 is 27.5 Å². The lowest BCUT2D eigenvalue weighted by Gasteiger charge is -2.09. The van der Waals surface area contributed by atoms with Crippen molar-refractivity contribution in [1.29, 1.82) is 0 Å². The predicted molar refractivity (Wildman–Crippen MR) is 63.9 cm³/mol. The zero-order valence-corrected chi connectivity index (χ0v) is 10.1. The lowest BCUT2D eigenvalue weighted by atomic mass is 10.3. The van der Waals surface area contributed by atoms with Gasteiger partial charge in [-0.1, -0.05) is 23.8 Å². The minimum atomic E-state index is 0.501. The number of nitrogens with two attached hydrogens (primary N) is 1. The lowest BCUT2D eigenvalue weighted by molar-refractivity contribution is 0.362. The first kappa shape index (κ1) is 11.4. The van der Waals surface area contributed by atoms with E-state index in [0.717, 1.165) is 4.47 Å². The Morgan fingerprint density at radius 3 is 2.86 bits per heavy atom. The van der Waals surface area contributed by atoms with Crippen LogP contribution in [0.4, 0.5) is 5.69 Å². The van der Waals surface area contributed by atoms with Crippen molar-refractivity contribution >= 4 is 33.2 Å². The Morgan fingerprint density at radius 1 is 1.57 bits per heavy atom. The molecule has 76 valence electrons. The van der Waals surface area contributed by atoms with E-state index in [4.69, 9.17) is 22.1 Å². The van der Waals surface area contributed by atoms with Crippen LogP contribution in [-0.2, 0) is 0 Å². The highest BCUT2D eigenvalue weighted by atomic mass is 79.9. The molecule has 0 saturated carbocycles. The van der Waals surface area contributed by atoms with Gasteiger partial charge >= 0.3 is 0 Å². The van der Waals surface area contributed by atoms with E-state index in [2.05, 4.69) is 15.9 Å². The highest BCUT2D eigenvalue weighted by Gasteiger charge is 2.06. The van der Waals surface area contributed by atoms with Crippen LogP contribution in [-0.4, -0.2) is 6.61 Å². The number of ether oxygens (including phenoxy) is 1. The molecular weight excluding hydrogens is 265 g/mol. The van der Waals surface area contributed by atoms with Gasteiger partial charge in [-0.15, -0.1) is 0 Å². The lowest BCUT2D eigenvalue weighted by Crippen LogP contribution is -1.98. The first-order valence-corrected chi connectivity index (χ1v) is 5.30. The number of hydrogen-bond acceptors (Lipinski definition) is 2. The second kappa shape index (κ2) is 5.27. The molecular formula is C10H11BrClNO. The molecule has 0 heterocycles. The average Bonchev–Trinajstić information content (AvgIpc) is 2.09. The van der Waals surface area contributed by atoms with Gasteiger partial charge in [0.15, 0.2) is 5.75 Å². The number of allylic oxidation sites excluding steroid dienone is 1. The Kier molecular flexibility index (Phi) is 4.29. The Labute approximate surface area is 96.8 Å². The first-order valence-electron chi connectivity index (χ1n) is 4.13. The third-order valence-corrected chi connectivity index (χ3v) is 2.40. The van der Waals surface area contributed by atoms with Crippen molar-refractivity contribution in [1.82, 2.24) is 0 Å². The molecule has 0 saturated heterocycles. The maximum Gasteiger partial charge on any atom is 0.156 e. The summed E-state index contributed by atoms with van der Waals surface area (Å²) in [6.07, 6.45) is 3.82. The van der Waals surface area contributed by atoms with E-state index in [9.17, 15) is 0 Å². The largest absolute Gasteiger partial charge is 0.486 e. The van der Waals surface area contributed by atoms with Crippen molar-refractivity contribution in [3.8, 4) is 5.75 Å². The summed E-state index contributed by atoms with van der Waals surface area (Å²) in [5.74, 6) is 0.632. The monoisotopic (exact) mass is 275 g/mol. The number of anilines is 1. The smallest absolute Gasteiger partial charge is 0.156 e. The van der Waals surface area contributed by atoms with Crippen LogP contribution in [0.5, 0.6) is 5.75 Å². The topological polar surface area (TPSA) is 35.2 Å². The van der Waals surface area contributed by atoms with Crippen LogP contribution in [0.15, 0.2) is 28.8 Å². The molecule has 14 heavy (non-hydrogen) atoms. The quantitative estimate of drug-likeness (QED) is 0.676. The highest BCUT2D eigenvalue weighted by Crippen LogP contribution is 2.34. The van der Waals surface area contributed by atoms with Gasteiger partial charge in [-0.25, -0.2) is 0 Å². The van der Waals surface area contributed by atoms with Crippen molar-refractivity contribution in [3.05, 3.63) is 33.8 Å². The minimum Gasteiger partial charge on any atom is -0.486 e. The summed E-state index contributed by atoms with van der Waals surface area (Å²) in [7, 11) is 0. The zero-order valence-electron chi connectivity index (χ0n) is 7.76. The van der Waals surface area contributed by atoms with Crippen molar-refractivity contribution in [2.24, 2.45) is 0 Å². The van der Waals surface area contributed by atoms with E-state index in [1.54, 1.807) is 12.1 Å². The van der Waals surface area contributed by atoms with Crippen LogP contribution in [0.25, 0.3) is 0 Å². The number of nitrogen functional groups attached to an aromatic ring is 1. The third kappa shape index (κ3) is 2.93. The molecule has 2 nitrogen and oxygen atoms in total. The van der Waals surface area contributed by atoms with Gasteiger partial charge in [0, 0.05) is 5.02 Å². The SMILES string of the molecule is C/C=C/COc1c(N)cc(Cl)cc1Br. The second-order valence-electron chi connectivity index (χ2n) is 2.69. The average molecular weight is 277 g/mol. The van der Waals surface area contributed by atoms with E-state index < -0.39 is 0 Å². The molecule has 0 amide bonds.